The number of ether oxygens (including phenoxy) is 1. The summed E-state index contributed by atoms with van der Waals surface area (Å²) in [6, 6.07) is 7.31. The van der Waals surface area contributed by atoms with Gasteiger partial charge in [0.2, 0.25) is 11.7 Å². The van der Waals surface area contributed by atoms with E-state index in [9.17, 15) is 20.0 Å². The summed E-state index contributed by atoms with van der Waals surface area (Å²) in [7, 11) is 0. The summed E-state index contributed by atoms with van der Waals surface area (Å²) in [4.78, 5) is 26.2. The number of aryl methyl sites for hydroxylation is 1. The van der Waals surface area contributed by atoms with E-state index in [2.05, 4.69) is 15.9 Å². The topological polar surface area (TPSA) is 105 Å². The molecular weight excluding hydrogens is 452 g/mol. The van der Waals surface area contributed by atoms with Crippen molar-refractivity contribution in [3.63, 3.8) is 0 Å². The number of carbonyl (C=O) groups is 1. The number of aromatic hydroxyl groups is 1. The van der Waals surface area contributed by atoms with Gasteiger partial charge in [-0.2, -0.15) is 5.26 Å². The molecular formula is C22H19BrN2O5. The minimum Gasteiger partial charge on any atom is -0.494 e. The van der Waals surface area contributed by atoms with E-state index in [0.717, 1.165) is 27.3 Å². The van der Waals surface area contributed by atoms with Crippen LogP contribution in [0.3, 0.4) is 0 Å². The van der Waals surface area contributed by atoms with Gasteiger partial charge in [0, 0.05) is 22.0 Å². The van der Waals surface area contributed by atoms with Gasteiger partial charge in [0.05, 0.1) is 18.2 Å². The van der Waals surface area contributed by atoms with Gasteiger partial charge in [-0.05, 0) is 50.5 Å². The first kappa shape index (κ1) is 20.4. The minimum atomic E-state index is -0.634. The second-order valence-corrected chi connectivity index (χ2v) is 8.30. The van der Waals surface area contributed by atoms with Crippen molar-refractivity contribution < 1.29 is 19.1 Å². The van der Waals surface area contributed by atoms with E-state index in [1.807, 2.05) is 18.2 Å². The van der Waals surface area contributed by atoms with Crippen LogP contribution in [0.4, 0.5) is 0 Å². The largest absolute Gasteiger partial charge is 0.494 e. The van der Waals surface area contributed by atoms with E-state index in [-0.39, 0.29) is 35.1 Å². The minimum absolute atomic E-state index is 0.0627. The summed E-state index contributed by atoms with van der Waals surface area (Å²) in [5.41, 5.74) is 0.364. The zero-order valence-corrected chi connectivity index (χ0v) is 18.1. The van der Waals surface area contributed by atoms with Crippen molar-refractivity contribution in [2.45, 2.75) is 39.3 Å². The Hall–Kier alpha value is -2.89. The molecule has 3 aromatic rings. The van der Waals surface area contributed by atoms with Gasteiger partial charge in [0.15, 0.2) is 5.76 Å². The highest BCUT2D eigenvalue weighted by atomic mass is 79.9. The Balaban J connectivity index is 1.89. The SMILES string of the molecule is Cc1c(C(=O)c2oc3cc(Br)ccc3c2C)c(O)n(CC2CCCO2)c(=O)c1C#N. The summed E-state index contributed by atoms with van der Waals surface area (Å²) in [5.74, 6) is -0.988. The van der Waals surface area contributed by atoms with Crippen molar-refractivity contribution in [3.05, 3.63) is 61.0 Å². The number of halogens is 1. The lowest BCUT2D eigenvalue weighted by molar-refractivity contribution is 0.0926. The molecule has 1 aliphatic rings. The normalized spacial score (nSPS) is 16.1. The molecule has 0 spiro atoms. The molecule has 1 aromatic carbocycles. The van der Waals surface area contributed by atoms with Crippen LogP contribution in [0.5, 0.6) is 5.88 Å². The van der Waals surface area contributed by atoms with E-state index in [1.54, 1.807) is 13.0 Å². The monoisotopic (exact) mass is 470 g/mol. The molecule has 1 fully saturated rings. The standard InChI is InChI=1S/C22H19BrN2O5/c1-11-16(9-24)21(27)25(10-14-4-3-7-29-14)22(28)18(11)19(26)20-12(2)15-6-5-13(23)8-17(15)30-20/h5-6,8,14,28H,3-4,7,10H2,1-2H3. The molecule has 1 saturated heterocycles. The molecule has 0 radical (unpaired) electrons. The number of hydrogen-bond acceptors (Lipinski definition) is 6. The molecule has 4 rings (SSSR count). The van der Waals surface area contributed by atoms with E-state index in [0.29, 0.717) is 17.8 Å². The van der Waals surface area contributed by atoms with E-state index < -0.39 is 17.2 Å². The lowest BCUT2D eigenvalue weighted by atomic mass is 9.98. The lowest BCUT2D eigenvalue weighted by Gasteiger charge is -2.17. The predicted octanol–water partition coefficient (Wildman–Crippen LogP) is 3.96. The third-order valence-electron chi connectivity index (χ3n) is 5.54. The fourth-order valence-electron chi connectivity index (χ4n) is 3.91. The number of nitrogens with zero attached hydrogens (tertiary/aromatic N) is 2. The van der Waals surface area contributed by atoms with Gasteiger partial charge in [-0.3, -0.25) is 14.2 Å². The van der Waals surface area contributed by atoms with Gasteiger partial charge < -0.3 is 14.3 Å². The lowest BCUT2D eigenvalue weighted by Crippen LogP contribution is -2.30. The van der Waals surface area contributed by atoms with Crippen molar-refractivity contribution in [3.8, 4) is 11.9 Å². The molecule has 3 heterocycles. The zero-order chi connectivity index (χ0) is 21.6. The number of ketones is 1. The van der Waals surface area contributed by atoms with Crippen LogP contribution in [0, 0.1) is 25.2 Å². The summed E-state index contributed by atoms with van der Waals surface area (Å²) in [6.45, 7) is 3.90. The van der Waals surface area contributed by atoms with Crippen molar-refractivity contribution in [2.75, 3.05) is 6.61 Å². The van der Waals surface area contributed by atoms with Gasteiger partial charge >= 0.3 is 0 Å². The molecule has 0 aliphatic carbocycles. The number of hydrogen-bond donors (Lipinski definition) is 1. The third kappa shape index (κ3) is 3.24. The highest BCUT2D eigenvalue weighted by Crippen LogP contribution is 2.32. The Kier molecular flexibility index (Phi) is 5.26. The van der Waals surface area contributed by atoms with Crippen LogP contribution < -0.4 is 5.56 Å². The van der Waals surface area contributed by atoms with Gasteiger partial charge in [-0.1, -0.05) is 15.9 Å². The number of aromatic nitrogens is 1. The van der Waals surface area contributed by atoms with Crippen molar-refractivity contribution in [1.29, 1.82) is 5.26 Å². The molecule has 1 aliphatic heterocycles. The van der Waals surface area contributed by atoms with Crippen molar-refractivity contribution in [1.82, 2.24) is 4.57 Å². The number of pyridine rings is 1. The highest BCUT2D eigenvalue weighted by molar-refractivity contribution is 9.10. The molecule has 7 nitrogen and oxygen atoms in total. The molecule has 154 valence electrons. The smallest absolute Gasteiger partial charge is 0.271 e. The molecule has 1 N–H and O–H groups in total. The third-order valence-corrected chi connectivity index (χ3v) is 6.04. The predicted molar refractivity (Wildman–Crippen MR) is 113 cm³/mol. The Labute approximate surface area is 180 Å². The Morgan fingerprint density at radius 1 is 1.37 bits per heavy atom. The Morgan fingerprint density at radius 2 is 2.13 bits per heavy atom. The van der Waals surface area contributed by atoms with Gasteiger partial charge in [0.1, 0.15) is 17.2 Å². The summed E-state index contributed by atoms with van der Waals surface area (Å²) in [6.07, 6.45) is 1.34. The van der Waals surface area contributed by atoms with Crippen LogP contribution in [-0.4, -0.2) is 28.2 Å². The van der Waals surface area contributed by atoms with Gasteiger partial charge in [-0.25, -0.2) is 0 Å². The van der Waals surface area contributed by atoms with E-state index >= 15 is 0 Å². The first-order valence-corrected chi connectivity index (χ1v) is 10.3. The maximum absolute atomic E-state index is 13.4. The first-order valence-electron chi connectivity index (χ1n) is 9.55. The maximum atomic E-state index is 13.4. The second-order valence-electron chi connectivity index (χ2n) is 7.39. The highest BCUT2D eigenvalue weighted by Gasteiger charge is 2.30. The molecule has 1 unspecified atom stereocenters. The molecule has 0 bridgehead atoms. The van der Waals surface area contributed by atoms with Crippen LogP contribution >= 0.6 is 15.9 Å². The number of nitriles is 1. The average molecular weight is 471 g/mol. The molecule has 8 heteroatoms. The number of benzene rings is 1. The number of rotatable bonds is 4. The number of furan rings is 1. The Morgan fingerprint density at radius 3 is 2.80 bits per heavy atom. The van der Waals surface area contributed by atoms with Gasteiger partial charge in [0.25, 0.3) is 5.56 Å². The quantitative estimate of drug-likeness (QED) is 0.578. The Bertz CT molecular complexity index is 1280. The van der Waals surface area contributed by atoms with Crippen molar-refractivity contribution >= 4 is 32.7 Å². The molecule has 0 saturated carbocycles. The van der Waals surface area contributed by atoms with E-state index in [1.165, 1.54) is 6.92 Å². The molecule has 0 amide bonds. The zero-order valence-electron chi connectivity index (χ0n) is 16.5. The number of fused-ring (bicyclic) bond motifs is 1. The maximum Gasteiger partial charge on any atom is 0.271 e. The summed E-state index contributed by atoms with van der Waals surface area (Å²) >= 11 is 3.38. The van der Waals surface area contributed by atoms with Crippen LogP contribution in [0.1, 0.15) is 45.7 Å². The average Bonchev–Trinajstić information content (AvgIpc) is 3.33. The van der Waals surface area contributed by atoms with Crippen molar-refractivity contribution in [2.24, 2.45) is 0 Å². The van der Waals surface area contributed by atoms with Crippen LogP contribution in [0.2, 0.25) is 0 Å². The number of carbonyl (C=O) groups excluding carboxylic acids is 1. The van der Waals surface area contributed by atoms with Gasteiger partial charge in [-0.15, -0.1) is 0 Å². The molecule has 2 aromatic heterocycles. The van der Waals surface area contributed by atoms with Crippen LogP contribution in [0.15, 0.2) is 31.9 Å². The van der Waals surface area contributed by atoms with Crippen LogP contribution in [0.25, 0.3) is 11.0 Å². The van der Waals surface area contributed by atoms with Crippen LogP contribution in [-0.2, 0) is 11.3 Å². The molecule has 1 atom stereocenters. The first-order chi connectivity index (χ1) is 14.3. The second kappa shape index (κ2) is 7.74. The fraction of sp³-hybridized carbons (Fsp3) is 0.318. The fourth-order valence-corrected chi connectivity index (χ4v) is 4.25. The van der Waals surface area contributed by atoms with E-state index in [4.69, 9.17) is 9.15 Å². The summed E-state index contributed by atoms with van der Waals surface area (Å²) in [5, 5.41) is 21.2. The summed E-state index contributed by atoms with van der Waals surface area (Å²) < 4.78 is 13.2. The molecule has 30 heavy (non-hydrogen) atoms.